The fourth-order valence-electron chi connectivity index (χ4n) is 1.74. The lowest BCUT2D eigenvalue weighted by atomic mass is 10.2. The third kappa shape index (κ3) is 2.30. The zero-order chi connectivity index (χ0) is 11.4. The summed E-state index contributed by atoms with van der Waals surface area (Å²) in [6.07, 6.45) is 1.81. The molecule has 2 rings (SSSR count). The topological polar surface area (TPSA) is 75.2 Å². The highest BCUT2D eigenvalue weighted by Crippen LogP contribution is 2.16. The van der Waals surface area contributed by atoms with Gasteiger partial charge < -0.3 is 15.4 Å². The highest BCUT2D eigenvalue weighted by molar-refractivity contribution is 5.46. The van der Waals surface area contributed by atoms with E-state index < -0.39 is 0 Å². The Balaban J connectivity index is 2.08. The first kappa shape index (κ1) is 10.9. The number of hydrogen-bond donors (Lipinski definition) is 1. The van der Waals surface area contributed by atoms with E-state index in [0.29, 0.717) is 18.8 Å². The van der Waals surface area contributed by atoms with Crippen LogP contribution in [0.15, 0.2) is 18.3 Å². The number of nitrogens with two attached hydrogens (primary N) is 1. The summed E-state index contributed by atoms with van der Waals surface area (Å²) in [7, 11) is 0. The van der Waals surface area contributed by atoms with E-state index in [4.69, 9.17) is 15.7 Å². The van der Waals surface area contributed by atoms with Crippen LogP contribution in [0.1, 0.15) is 5.69 Å². The Morgan fingerprint density at radius 3 is 3.12 bits per heavy atom. The Morgan fingerprint density at radius 1 is 1.62 bits per heavy atom. The fraction of sp³-hybridized carbons (Fsp3) is 0.455. The summed E-state index contributed by atoms with van der Waals surface area (Å²) in [5.74, 6) is 0. The van der Waals surface area contributed by atoms with Crippen molar-refractivity contribution in [2.45, 2.75) is 6.10 Å². The van der Waals surface area contributed by atoms with Crippen molar-refractivity contribution in [3.05, 3.63) is 24.0 Å². The second-order valence-corrected chi connectivity index (χ2v) is 3.69. The summed E-state index contributed by atoms with van der Waals surface area (Å²) in [6, 6.07) is 5.63. The monoisotopic (exact) mass is 218 g/mol. The van der Waals surface area contributed by atoms with Crippen molar-refractivity contribution in [1.82, 2.24) is 4.98 Å². The van der Waals surface area contributed by atoms with Gasteiger partial charge in [-0.15, -0.1) is 0 Å². The standard InChI is InChI=1S/C11H14N4O/c12-5-9-1-2-10(7-14-9)15-3-4-16-11(6-13)8-15/h1-2,7,11H,3-4,6,8,13H2. The predicted octanol–water partition coefficient (Wildman–Crippen LogP) is 0.117. The lowest BCUT2D eigenvalue weighted by Gasteiger charge is -2.33. The molecule has 5 nitrogen and oxygen atoms in total. The summed E-state index contributed by atoms with van der Waals surface area (Å²) >= 11 is 0. The van der Waals surface area contributed by atoms with E-state index in [9.17, 15) is 0 Å². The number of hydrogen-bond acceptors (Lipinski definition) is 5. The molecular weight excluding hydrogens is 204 g/mol. The normalized spacial score (nSPS) is 20.5. The Labute approximate surface area is 94.4 Å². The van der Waals surface area contributed by atoms with Crippen LogP contribution in [-0.4, -0.2) is 37.3 Å². The lowest BCUT2D eigenvalue weighted by molar-refractivity contribution is 0.0465. The number of pyridine rings is 1. The smallest absolute Gasteiger partial charge is 0.140 e. The highest BCUT2D eigenvalue weighted by atomic mass is 16.5. The molecule has 0 radical (unpaired) electrons. The minimum atomic E-state index is 0.0874. The molecule has 1 aromatic rings. The molecule has 1 fully saturated rings. The maximum Gasteiger partial charge on any atom is 0.140 e. The van der Waals surface area contributed by atoms with Gasteiger partial charge in [-0.1, -0.05) is 0 Å². The predicted molar refractivity (Wildman–Crippen MR) is 60.0 cm³/mol. The number of nitrogens with zero attached hydrogens (tertiary/aromatic N) is 3. The van der Waals surface area contributed by atoms with Crippen LogP contribution in [0.5, 0.6) is 0 Å². The maximum atomic E-state index is 8.66. The molecule has 0 bridgehead atoms. The largest absolute Gasteiger partial charge is 0.373 e. The zero-order valence-corrected chi connectivity index (χ0v) is 8.97. The molecule has 16 heavy (non-hydrogen) atoms. The van der Waals surface area contributed by atoms with E-state index in [1.54, 1.807) is 12.3 Å². The molecule has 0 saturated carbocycles. The Morgan fingerprint density at radius 2 is 2.50 bits per heavy atom. The fourth-order valence-corrected chi connectivity index (χ4v) is 1.74. The average Bonchev–Trinajstić information content (AvgIpc) is 2.39. The molecule has 1 aliphatic rings. The molecule has 0 spiro atoms. The molecule has 2 heterocycles. The average molecular weight is 218 g/mol. The highest BCUT2D eigenvalue weighted by Gasteiger charge is 2.19. The Kier molecular flexibility index (Phi) is 3.34. The molecule has 2 N–H and O–H groups in total. The van der Waals surface area contributed by atoms with Crippen molar-refractivity contribution in [3.63, 3.8) is 0 Å². The second-order valence-electron chi connectivity index (χ2n) is 3.69. The third-order valence-electron chi connectivity index (χ3n) is 2.63. The number of anilines is 1. The molecule has 5 heteroatoms. The van der Waals surface area contributed by atoms with E-state index in [1.807, 2.05) is 12.1 Å². The van der Waals surface area contributed by atoms with Crippen LogP contribution in [0.4, 0.5) is 5.69 Å². The molecule has 0 aromatic carbocycles. The van der Waals surface area contributed by atoms with E-state index >= 15 is 0 Å². The number of aromatic nitrogens is 1. The van der Waals surface area contributed by atoms with Crippen molar-refractivity contribution in [2.24, 2.45) is 5.73 Å². The first-order valence-electron chi connectivity index (χ1n) is 5.26. The van der Waals surface area contributed by atoms with Crippen molar-refractivity contribution in [3.8, 4) is 6.07 Å². The van der Waals surface area contributed by atoms with Gasteiger partial charge in [0.25, 0.3) is 0 Å². The van der Waals surface area contributed by atoms with Crippen molar-refractivity contribution < 1.29 is 4.74 Å². The summed E-state index contributed by atoms with van der Waals surface area (Å²) in [5, 5.41) is 8.66. The van der Waals surface area contributed by atoms with E-state index in [-0.39, 0.29) is 6.10 Å². The molecule has 84 valence electrons. The van der Waals surface area contributed by atoms with Crippen molar-refractivity contribution in [1.29, 1.82) is 5.26 Å². The quantitative estimate of drug-likeness (QED) is 0.763. The van der Waals surface area contributed by atoms with Gasteiger partial charge >= 0.3 is 0 Å². The molecule has 1 atom stereocenters. The SMILES string of the molecule is N#Cc1ccc(N2CCOC(CN)C2)cn1. The van der Waals surface area contributed by atoms with Gasteiger partial charge in [0.1, 0.15) is 11.8 Å². The van der Waals surface area contributed by atoms with Crippen LogP contribution >= 0.6 is 0 Å². The van der Waals surface area contributed by atoms with Gasteiger partial charge in [0.2, 0.25) is 0 Å². The van der Waals surface area contributed by atoms with Crippen molar-refractivity contribution in [2.75, 3.05) is 31.1 Å². The van der Waals surface area contributed by atoms with Gasteiger partial charge in [0.05, 0.1) is 24.6 Å². The summed E-state index contributed by atoms with van der Waals surface area (Å²) in [4.78, 5) is 6.22. The maximum absolute atomic E-state index is 8.66. The molecule has 1 saturated heterocycles. The van der Waals surface area contributed by atoms with Gasteiger partial charge in [-0.2, -0.15) is 5.26 Å². The van der Waals surface area contributed by atoms with Gasteiger partial charge in [-0.05, 0) is 12.1 Å². The summed E-state index contributed by atoms with van der Waals surface area (Å²) in [6.45, 7) is 2.83. The van der Waals surface area contributed by atoms with Crippen molar-refractivity contribution >= 4 is 5.69 Å². The summed E-state index contributed by atoms with van der Waals surface area (Å²) < 4.78 is 5.48. The lowest BCUT2D eigenvalue weighted by Crippen LogP contribution is -2.45. The van der Waals surface area contributed by atoms with Crippen LogP contribution in [0.2, 0.25) is 0 Å². The van der Waals surface area contributed by atoms with Crippen LogP contribution in [0.25, 0.3) is 0 Å². The number of rotatable bonds is 2. The Hall–Kier alpha value is -1.64. The summed E-state index contributed by atoms with van der Waals surface area (Å²) in [5.41, 5.74) is 7.03. The first-order chi connectivity index (χ1) is 7.83. The first-order valence-corrected chi connectivity index (χ1v) is 5.26. The van der Waals surface area contributed by atoms with Gasteiger partial charge in [-0.3, -0.25) is 0 Å². The molecular formula is C11H14N4O. The molecule has 0 aliphatic carbocycles. The minimum absolute atomic E-state index is 0.0874. The van der Waals surface area contributed by atoms with Crippen LogP contribution in [0, 0.1) is 11.3 Å². The van der Waals surface area contributed by atoms with E-state index in [0.717, 1.165) is 18.8 Å². The van der Waals surface area contributed by atoms with Gasteiger partial charge in [0, 0.05) is 19.6 Å². The minimum Gasteiger partial charge on any atom is -0.373 e. The van der Waals surface area contributed by atoms with Gasteiger partial charge in [-0.25, -0.2) is 4.98 Å². The molecule has 1 aromatic heterocycles. The number of ether oxygens (including phenoxy) is 1. The van der Waals surface area contributed by atoms with E-state index in [1.165, 1.54) is 0 Å². The van der Waals surface area contributed by atoms with Gasteiger partial charge in [0.15, 0.2) is 0 Å². The number of morpholine rings is 1. The van der Waals surface area contributed by atoms with E-state index in [2.05, 4.69) is 9.88 Å². The molecule has 1 unspecified atom stereocenters. The third-order valence-corrected chi connectivity index (χ3v) is 2.63. The second kappa shape index (κ2) is 4.92. The molecule has 0 amide bonds. The zero-order valence-electron chi connectivity index (χ0n) is 8.97. The van der Waals surface area contributed by atoms with Crippen LogP contribution in [0.3, 0.4) is 0 Å². The number of nitriles is 1. The van der Waals surface area contributed by atoms with Crippen LogP contribution < -0.4 is 10.6 Å². The Bertz CT molecular complexity index is 384. The molecule has 1 aliphatic heterocycles. The van der Waals surface area contributed by atoms with Crippen LogP contribution in [-0.2, 0) is 4.74 Å².